The molecule has 0 spiro atoms. The third kappa shape index (κ3) is 3.38. The molecule has 1 fully saturated rings. The highest BCUT2D eigenvalue weighted by atomic mass is 19.3. The summed E-state index contributed by atoms with van der Waals surface area (Å²) >= 11 is 0. The van der Waals surface area contributed by atoms with E-state index in [0.29, 0.717) is 12.8 Å². The molecular weight excluding hydrogens is 200 g/mol. The average molecular weight is 221 g/mol. The molecule has 0 aromatic carbocycles. The molecule has 0 aromatic rings. The summed E-state index contributed by atoms with van der Waals surface area (Å²) in [6.07, 6.45) is -2.70. The Morgan fingerprint density at radius 3 is 2.00 bits per heavy atom. The number of halogens is 2. The fourth-order valence-corrected chi connectivity index (χ4v) is 2.12. The summed E-state index contributed by atoms with van der Waals surface area (Å²) in [5, 5.41) is 9.27. The number of aliphatic hydroxyl groups excluding tert-OH is 1. The molecule has 0 saturated carbocycles. The van der Waals surface area contributed by atoms with Crippen LogP contribution in [0.5, 0.6) is 0 Å². The SMILES string of the molecule is CC(C)(C)N1CCC(C(O)C(F)F)CC1. The number of alkyl halides is 2. The number of piperidine rings is 1. The fraction of sp³-hybridized carbons (Fsp3) is 1.00. The standard InChI is InChI=1S/C11H21F2NO/c1-11(2,3)14-6-4-8(5-7-14)9(15)10(12)13/h8-10,15H,4-7H2,1-3H3. The molecule has 1 saturated heterocycles. The average Bonchev–Trinajstić information content (AvgIpc) is 2.15. The number of aliphatic hydroxyl groups is 1. The monoisotopic (exact) mass is 221 g/mol. The molecule has 1 atom stereocenters. The molecule has 15 heavy (non-hydrogen) atoms. The molecule has 1 rings (SSSR count). The van der Waals surface area contributed by atoms with Gasteiger partial charge < -0.3 is 5.11 Å². The van der Waals surface area contributed by atoms with E-state index in [0.717, 1.165) is 13.1 Å². The highest BCUT2D eigenvalue weighted by molar-refractivity contribution is 4.84. The Morgan fingerprint density at radius 2 is 1.67 bits per heavy atom. The molecule has 0 aromatic heterocycles. The van der Waals surface area contributed by atoms with Crippen molar-refractivity contribution in [3.8, 4) is 0 Å². The summed E-state index contributed by atoms with van der Waals surface area (Å²) in [7, 11) is 0. The number of likely N-dealkylation sites (tertiary alicyclic amines) is 1. The van der Waals surface area contributed by atoms with E-state index in [-0.39, 0.29) is 11.5 Å². The lowest BCUT2D eigenvalue weighted by Crippen LogP contribution is -2.48. The Bertz CT molecular complexity index is 195. The zero-order valence-corrected chi connectivity index (χ0v) is 9.71. The molecule has 0 amide bonds. The molecule has 90 valence electrons. The van der Waals surface area contributed by atoms with Crippen molar-refractivity contribution in [1.29, 1.82) is 0 Å². The van der Waals surface area contributed by atoms with Crippen LogP contribution in [0, 0.1) is 5.92 Å². The van der Waals surface area contributed by atoms with Gasteiger partial charge in [-0.1, -0.05) is 0 Å². The van der Waals surface area contributed by atoms with Crippen molar-refractivity contribution < 1.29 is 13.9 Å². The highest BCUT2D eigenvalue weighted by Gasteiger charge is 2.33. The van der Waals surface area contributed by atoms with E-state index < -0.39 is 12.5 Å². The summed E-state index contributed by atoms with van der Waals surface area (Å²) in [4.78, 5) is 2.28. The van der Waals surface area contributed by atoms with Crippen LogP contribution in [0.2, 0.25) is 0 Å². The van der Waals surface area contributed by atoms with Crippen molar-refractivity contribution in [3.63, 3.8) is 0 Å². The maximum Gasteiger partial charge on any atom is 0.264 e. The van der Waals surface area contributed by atoms with Gasteiger partial charge in [-0.25, -0.2) is 8.78 Å². The first-order valence-electron chi connectivity index (χ1n) is 5.53. The lowest BCUT2D eigenvalue weighted by Gasteiger charge is -2.41. The van der Waals surface area contributed by atoms with Crippen molar-refractivity contribution in [3.05, 3.63) is 0 Å². The summed E-state index contributed by atoms with van der Waals surface area (Å²) in [5.41, 5.74) is 0.0980. The van der Waals surface area contributed by atoms with Crippen molar-refractivity contribution in [1.82, 2.24) is 4.90 Å². The van der Waals surface area contributed by atoms with Crippen LogP contribution >= 0.6 is 0 Å². The summed E-state index contributed by atoms with van der Waals surface area (Å²) < 4.78 is 24.6. The lowest BCUT2D eigenvalue weighted by atomic mass is 9.89. The van der Waals surface area contributed by atoms with Gasteiger partial charge in [0, 0.05) is 5.54 Å². The first-order valence-corrected chi connectivity index (χ1v) is 5.53. The van der Waals surface area contributed by atoms with Crippen molar-refractivity contribution in [2.45, 2.75) is 51.7 Å². The second-order valence-electron chi connectivity index (χ2n) is 5.32. The summed E-state index contributed by atoms with van der Waals surface area (Å²) in [5.74, 6) is -0.233. The van der Waals surface area contributed by atoms with E-state index in [2.05, 4.69) is 25.7 Å². The number of hydrogen-bond acceptors (Lipinski definition) is 2. The normalized spacial score (nSPS) is 23.4. The van der Waals surface area contributed by atoms with Crippen LogP contribution < -0.4 is 0 Å². The first kappa shape index (κ1) is 12.8. The van der Waals surface area contributed by atoms with Gasteiger partial charge in [-0.3, -0.25) is 4.90 Å². The van der Waals surface area contributed by atoms with Gasteiger partial charge in [-0.15, -0.1) is 0 Å². The summed E-state index contributed by atoms with van der Waals surface area (Å²) in [6, 6.07) is 0. The van der Waals surface area contributed by atoms with Crippen molar-refractivity contribution >= 4 is 0 Å². The highest BCUT2D eigenvalue weighted by Crippen LogP contribution is 2.27. The van der Waals surface area contributed by atoms with Crippen LogP contribution in [0.15, 0.2) is 0 Å². The predicted molar refractivity (Wildman–Crippen MR) is 56.1 cm³/mol. The zero-order valence-electron chi connectivity index (χ0n) is 9.71. The Balaban J connectivity index is 2.42. The molecule has 1 aliphatic heterocycles. The first-order chi connectivity index (χ1) is 6.82. The smallest absolute Gasteiger partial charge is 0.264 e. The molecule has 1 heterocycles. The van der Waals surface area contributed by atoms with Crippen LogP contribution in [0.25, 0.3) is 0 Å². The van der Waals surface area contributed by atoms with Crippen molar-refractivity contribution in [2.75, 3.05) is 13.1 Å². The van der Waals surface area contributed by atoms with Gasteiger partial charge in [0.05, 0.1) is 0 Å². The van der Waals surface area contributed by atoms with Gasteiger partial charge in [0.1, 0.15) is 6.10 Å². The van der Waals surface area contributed by atoms with E-state index in [4.69, 9.17) is 0 Å². The minimum Gasteiger partial charge on any atom is -0.387 e. The van der Waals surface area contributed by atoms with Crippen LogP contribution in [0.4, 0.5) is 8.78 Å². The van der Waals surface area contributed by atoms with E-state index in [1.165, 1.54) is 0 Å². The third-order valence-corrected chi connectivity index (χ3v) is 3.23. The van der Waals surface area contributed by atoms with Crippen LogP contribution in [0.3, 0.4) is 0 Å². The predicted octanol–water partition coefficient (Wildman–Crippen LogP) is 2.12. The quantitative estimate of drug-likeness (QED) is 0.772. The fourth-order valence-electron chi connectivity index (χ4n) is 2.12. The maximum atomic E-state index is 12.3. The van der Waals surface area contributed by atoms with Gasteiger partial charge in [0.15, 0.2) is 0 Å². The lowest BCUT2D eigenvalue weighted by molar-refractivity contribution is -0.0595. The van der Waals surface area contributed by atoms with Crippen LogP contribution in [-0.2, 0) is 0 Å². The second-order valence-corrected chi connectivity index (χ2v) is 5.32. The van der Waals surface area contributed by atoms with E-state index in [1.54, 1.807) is 0 Å². The molecule has 1 aliphatic rings. The molecule has 2 nitrogen and oxygen atoms in total. The van der Waals surface area contributed by atoms with Gasteiger partial charge in [0.2, 0.25) is 0 Å². The minimum atomic E-state index is -2.60. The Labute approximate surface area is 90.3 Å². The molecule has 0 aliphatic carbocycles. The van der Waals surface area contributed by atoms with Gasteiger partial charge in [-0.05, 0) is 52.6 Å². The molecular formula is C11H21F2NO. The van der Waals surface area contributed by atoms with E-state index in [1.807, 2.05) is 0 Å². The molecule has 0 bridgehead atoms. The number of rotatable bonds is 2. The Hall–Kier alpha value is -0.220. The number of nitrogens with zero attached hydrogens (tertiary/aromatic N) is 1. The van der Waals surface area contributed by atoms with Crippen molar-refractivity contribution in [2.24, 2.45) is 5.92 Å². The van der Waals surface area contributed by atoms with Gasteiger partial charge in [0.25, 0.3) is 6.43 Å². The van der Waals surface area contributed by atoms with Gasteiger partial charge in [-0.2, -0.15) is 0 Å². The zero-order chi connectivity index (χ0) is 11.6. The molecule has 1 N–H and O–H groups in total. The third-order valence-electron chi connectivity index (χ3n) is 3.23. The minimum absolute atomic E-state index is 0.0980. The Kier molecular flexibility index (Phi) is 4.06. The Morgan fingerprint density at radius 1 is 1.20 bits per heavy atom. The van der Waals surface area contributed by atoms with E-state index in [9.17, 15) is 13.9 Å². The number of hydrogen-bond donors (Lipinski definition) is 1. The molecule has 1 unspecified atom stereocenters. The summed E-state index contributed by atoms with van der Waals surface area (Å²) in [6.45, 7) is 7.97. The molecule has 4 heteroatoms. The molecule has 0 radical (unpaired) electrons. The van der Waals surface area contributed by atoms with Crippen LogP contribution in [-0.4, -0.2) is 41.2 Å². The second kappa shape index (κ2) is 4.74. The topological polar surface area (TPSA) is 23.5 Å². The van der Waals surface area contributed by atoms with Gasteiger partial charge >= 0.3 is 0 Å². The van der Waals surface area contributed by atoms with Crippen LogP contribution in [0.1, 0.15) is 33.6 Å². The largest absolute Gasteiger partial charge is 0.387 e. The maximum absolute atomic E-state index is 12.3. The van der Waals surface area contributed by atoms with E-state index >= 15 is 0 Å².